The Morgan fingerprint density at radius 2 is 1.83 bits per heavy atom. The predicted molar refractivity (Wildman–Crippen MR) is 67.1 cm³/mol. The van der Waals surface area contributed by atoms with E-state index in [-0.39, 0.29) is 12.2 Å². The number of hydrogen-bond acceptors (Lipinski definition) is 3. The Hall–Kier alpha value is -1.47. The molecule has 1 aromatic carbocycles. The van der Waals surface area contributed by atoms with Crippen LogP contribution < -0.4 is 5.32 Å². The molecule has 0 heterocycles. The van der Waals surface area contributed by atoms with E-state index < -0.39 is 21.7 Å². The van der Waals surface area contributed by atoms with Crippen molar-refractivity contribution in [2.75, 3.05) is 25.2 Å². The molecule has 1 amide bonds. The first kappa shape index (κ1) is 14.6. The molecule has 1 N–H and O–H groups in total. The number of carbonyl (C=O) groups excluding carboxylic acids is 1. The van der Waals surface area contributed by atoms with Crippen LogP contribution in [0.1, 0.15) is 6.42 Å². The fourth-order valence-corrected chi connectivity index (χ4v) is 1.97. The highest BCUT2D eigenvalue weighted by Gasteiger charge is 2.15. The van der Waals surface area contributed by atoms with E-state index in [2.05, 4.69) is 5.32 Å². The molecule has 100 valence electrons. The first-order valence-electron chi connectivity index (χ1n) is 5.27. The van der Waals surface area contributed by atoms with E-state index in [0.717, 1.165) is 4.31 Å². The molecular weight excluding hydrogens is 259 g/mol. The molecule has 1 rings (SSSR count). The number of nitrogens with one attached hydrogen (secondary N) is 1. The van der Waals surface area contributed by atoms with Gasteiger partial charge in [0.05, 0.1) is 5.75 Å². The Bertz CT molecular complexity index is 512. The Kier molecular flexibility index (Phi) is 4.80. The maximum atomic E-state index is 12.6. The Morgan fingerprint density at radius 3 is 2.33 bits per heavy atom. The molecule has 0 atom stereocenters. The third-order valence-corrected chi connectivity index (χ3v) is 4.10. The molecule has 0 spiro atoms. The topological polar surface area (TPSA) is 66.5 Å². The van der Waals surface area contributed by atoms with Crippen LogP contribution in [-0.4, -0.2) is 38.5 Å². The number of carbonyl (C=O) groups is 1. The van der Waals surface area contributed by atoms with Crippen molar-refractivity contribution in [3.8, 4) is 0 Å². The van der Waals surface area contributed by atoms with Crippen molar-refractivity contribution in [3.63, 3.8) is 0 Å². The van der Waals surface area contributed by atoms with Gasteiger partial charge < -0.3 is 5.32 Å². The summed E-state index contributed by atoms with van der Waals surface area (Å²) in [4.78, 5) is 11.5. The highest BCUT2D eigenvalue weighted by Crippen LogP contribution is 2.09. The Balaban J connectivity index is 2.50. The van der Waals surface area contributed by atoms with Crippen LogP contribution in [0, 0.1) is 5.82 Å². The lowest BCUT2D eigenvalue weighted by molar-refractivity contribution is -0.115. The molecule has 0 saturated carbocycles. The minimum Gasteiger partial charge on any atom is -0.326 e. The molecule has 0 radical (unpaired) electrons. The summed E-state index contributed by atoms with van der Waals surface area (Å²) in [6, 6.07) is 5.25. The van der Waals surface area contributed by atoms with Gasteiger partial charge in [-0.15, -0.1) is 0 Å². The summed E-state index contributed by atoms with van der Waals surface area (Å²) in [5.74, 6) is -1.08. The summed E-state index contributed by atoms with van der Waals surface area (Å²) < 4.78 is 36.5. The van der Waals surface area contributed by atoms with Crippen LogP contribution >= 0.6 is 0 Å². The summed E-state index contributed by atoms with van der Waals surface area (Å²) in [6.45, 7) is 0. The molecule has 0 unspecified atom stereocenters. The lowest BCUT2D eigenvalue weighted by Crippen LogP contribution is -2.27. The van der Waals surface area contributed by atoms with E-state index in [9.17, 15) is 17.6 Å². The van der Waals surface area contributed by atoms with Crippen molar-refractivity contribution in [2.24, 2.45) is 0 Å². The van der Waals surface area contributed by atoms with Crippen molar-refractivity contribution in [1.82, 2.24) is 4.31 Å². The molecule has 5 nitrogen and oxygen atoms in total. The highest BCUT2D eigenvalue weighted by atomic mass is 32.2. The SMILES string of the molecule is CN(C)S(=O)(=O)CCC(=O)Nc1ccc(F)cc1. The number of sulfonamides is 1. The van der Waals surface area contributed by atoms with Crippen LogP contribution in [0.3, 0.4) is 0 Å². The van der Waals surface area contributed by atoms with Gasteiger partial charge in [0.1, 0.15) is 5.82 Å². The highest BCUT2D eigenvalue weighted by molar-refractivity contribution is 7.89. The summed E-state index contributed by atoms with van der Waals surface area (Å²) >= 11 is 0. The van der Waals surface area contributed by atoms with Gasteiger partial charge in [-0.25, -0.2) is 17.1 Å². The van der Waals surface area contributed by atoms with Crippen molar-refractivity contribution in [1.29, 1.82) is 0 Å². The maximum absolute atomic E-state index is 12.6. The van der Waals surface area contributed by atoms with Gasteiger partial charge in [0.25, 0.3) is 0 Å². The van der Waals surface area contributed by atoms with E-state index in [4.69, 9.17) is 0 Å². The summed E-state index contributed by atoms with van der Waals surface area (Å²) in [7, 11) is -0.560. The van der Waals surface area contributed by atoms with Crippen molar-refractivity contribution < 1.29 is 17.6 Å². The summed E-state index contributed by atoms with van der Waals surface area (Å²) in [5.41, 5.74) is 0.434. The molecule has 0 aliphatic rings. The second-order valence-electron chi connectivity index (χ2n) is 3.90. The van der Waals surface area contributed by atoms with E-state index in [1.54, 1.807) is 0 Å². The van der Waals surface area contributed by atoms with Crippen molar-refractivity contribution in [2.45, 2.75) is 6.42 Å². The lowest BCUT2D eigenvalue weighted by atomic mass is 10.3. The standard InChI is InChI=1S/C11H15FN2O3S/c1-14(2)18(16,17)8-7-11(15)13-10-5-3-9(12)4-6-10/h3-6H,7-8H2,1-2H3,(H,13,15). The number of amides is 1. The number of halogens is 1. The molecule has 18 heavy (non-hydrogen) atoms. The van der Waals surface area contributed by atoms with Crippen molar-refractivity contribution in [3.05, 3.63) is 30.1 Å². The van der Waals surface area contributed by atoms with Gasteiger partial charge in [-0.2, -0.15) is 0 Å². The van der Waals surface area contributed by atoms with Gasteiger partial charge in [-0.3, -0.25) is 4.79 Å². The minimum atomic E-state index is -3.38. The minimum absolute atomic E-state index is 0.141. The quantitative estimate of drug-likeness (QED) is 0.872. The van der Waals surface area contributed by atoms with Gasteiger partial charge >= 0.3 is 0 Å². The third kappa shape index (κ3) is 4.42. The zero-order chi connectivity index (χ0) is 13.8. The van der Waals surface area contributed by atoms with Crippen LogP contribution in [0.2, 0.25) is 0 Å². The van der Waals surface area contributed by atoms with E-state index in [1.165, 1.54) is 38.4 Å². The zero-order valence-corrected chi connectivity index (χ0v) is 11.0. The third-order valence-electron chi connectivity index (χ3n) is 2.27. The normalized spacial score (nSPS) is 11.6. The van der Waals surface area contributed by atoms with Gasteiger partial charge in [0, 0.05) is 26.2 Å². The van der Waals surface area contributed by atoms with Crippen LogP contribution in [0.5, 0.6) is 0 Å². The maximum Gasteiger partial charge on any atom is 0.225 e. The Labute approximate surface area is 106 Å². The first-order chi connectivity index (χ1) is 8.31. The average Bonchev–Trinajstić information content (AvgIpc) is 2.29. The molecule has 0 fully saturated rings. The van der Waals surface area contributed by atoms with Gasteiger partial charge in [-0.05, 0) is 24.3 Å². The van der Waals surface area contributed by atoms with Gasteiger partial charge in [0.2, 0.25) is 15.9 Å². The van der Waals surface area contributed by atoms with Crippen LogP contribution in [0.25, 0.3) is 0 Å². The number of rotatable bonds is 5. The largest absolute Gasteiger partial charge is 0.326 e. The second-order valence-corrected chi connectivity index (χ2v) is 6.21. The van der Waals surface area contributed by atoms with Crippen LogP contribution in [0.4, 0.5) is 10.1 Å². The number of benzene rings is 1. The molecule has 7 heteroatoms. The number of nitrogens with zero attached hydrogens (tertiary/aromatic N) is 1. The van der Waals surface area contributed by atoms with Crippen LogP contribution in [0.15, 0.2) is 24.3 Å². The van der Waals surface area contributed by atoms with Gasteiger partial charge in [-0.1, -0.05) is 0 Å². The summed E-state index contributed by atoms with van der Waals surface area (Å²) in [5, 5.41) is 2.49. The smallest absolute Gasteiger partial charge is 0.225 e. The fourth-order valence-electron chi connectivity index (χ4n) is 1.16. The molecule has 1 aromatic rings. The van der Waals surface area contributed by atoms with E-state index >= 15 is 0 Å². The molecule has 0 bridgehead atoms. The molecule has 0 aliphatic heterocycles. The van der Waals surface area contributed by atoms with Gasteiger partial charge in [0.15, 0.2) is 0 Å². The second kappa shape index (κ2) is 5.92. The first-order valence-corrected chi connectivity index (χ1v) is 6.88. The fraction of sp³-hybridized carbons (Fsp3) is 0.364. The monoisotopic (exact) mass is 274 g/mol. The lowest BCUT2D eigenvalue weighted by Gasteiger charge is -2.11. The summed E-state index contributed by atoms with van der Waals surface area (Å²) in [6.07, 6.45) is -0.141. The Morgan fingerprint density at radius 1 is 1.28 bits per heavy atom. The van der Waals surface area contributed by atoms with E-state index in [1.807, 2.05) is 0 Å². The van der Waals surface area contributed by atoms with E-state index in [0.29, 0.717) is 5.69 Å². The molecule has 0 aliphatic carbocycles. The van der Waals surface area contributed by atoms with Crippen LogP contribution in [-0.2, 0) is 14.8 Å². The molecule has 0 saturated heterocycles. The number of anilines is 1. The zero-order valence-electron chi connectivity index (χ0n) is 10.2. The number of hydrogen-bond donors (Lipinski definition) is 1. The molecular formula is C11H15FN2O3S. The van der Waals surface area contributed by atoms with Crippen molar-refractivity contribution >= 4 is 21.6 Å². The average molecular weight is 274 g/mol. The predicted octanol–water partition coefficient (Wildman–Crippen LogP) is 1.05. The molecule has 0 aromatic heterocycles.